The molecule has 0 aliphatic heterocycles. The minimum Gasteiger partial charge on any atom is -0.317 e. The molecule has 1 aromatic heterocycles. The van der Waals surface area contributed by atoms with Crippen LogP contribution in [0.1, 0.15) is 72.0 Å². The molecule has 0 amide bonds. The van der Waals surface area contributed by atoms with E-state index in [0.29, 0.717) is 11.5 Å². The van der Waals surface area contributed by atoms with Crippen molar-refractivity contribution < 1.29 is 0 Å². The molecular formula is C17H33N3. The lowest BCUT2D eigenvalue weighted by atomic mass is 9.84. The van der Waals surface area contributed by atoms with Gasteiger partial charge in [-0.25, -0.2) is 0 Å². The highest BCUT2D eigenvalue weighted by Gasteiger charge is 2.20. The Morgan fingerprint density at radius 1 is 1.20 bits per heavy atom. The predicted octanol–water partition coefficient (Wildman–Crippen LogP) is 4.20. The van der Waals surface area contributed by atoms with Crippen molar-refractivity contribution in [2.45, 2.75) is 72.8 Å². The molecule has 116 valence electrons. The van der Waals surface area contributed by atoms with Crippen LogP contribution in [0.15, 0.2) is 12.3 Å². The van der Waals surface area contributed by atoms with Crippen LogP contribution < -0.4 is 5.32 Å². The van der Waals surface area contributed by atoms with E-state index < -0.39 is 0 Å². The van der Waals surface area contributed by atoms with Crippen molar-refractivity contribution in [1.29, 1.82) is 0 Å². The van der Waals surface area contributed by atoms with Gasteiger partial charge in [-0.05, 0) is 56.7 Å². The van der Waals surface area contributed by atoms with E-state index in [1.54, 1.807) is 0 Å². The molecule has 20 heavy (non-hydrogen) atoms. The van der Waals surface area contributed by atoms with Gasteiger partial charge in [0.05, 0.1) is 11.7 Å². The Kier molecular flexibility index (Phi) is 7.28. The third kappa shape index (κ3) is 5.66. The summed E-state index contributed by atoms with van der Waals surface area (Å²) in [7, 11) is 0. The molecule has 0 atom stereocenters. The van der Waals surface area contributed by atoms with Crippen molar-refractivity contribution in [3.8, 4) is 0 Å². The van der Waals surface area contributed by atoms with E-state index in [-0.39, 0.29) is 0 Å². The van der Waals surface area contributed by atoms with Gasteiger partial charge in [-0.1, -0.05) is 34.6 Å². The van der Waals surface area contributed by atoms with Gasteiger partial charge in [0.15, 0.2) is 0 Å². The summed E-state index contributed by atoms with van der Waals surface area (Å²) >= 11 is 0. The van der Waals surface area contributed by atoms with Crippen molar-refractivity contribution in [3.63, 3.8) is 0 Å². The second-order valence-corrected chi connectivity index (χ2v) is 6.60. The van der Waals surface area contributed by atoms with Crippen LogP contribution in [0.3, 0.4) is 0 Å². The molecule has 0 bridgehead atoms. The van der Waals surface area contributed by atoms with Crippen molar-refractivity contribution in [1.82, 2.24) is 15.1 Å². The molecule has 1 heterocycles. The number of hydrogen-bond donors (Lipinski definition) is 1. The second kappa shape index (κ2) is 8.46. The van der Waals surface area contributed by atoms with Gasteiger partial charge < -0.3 is 5.32 Å². The molecule has 1 aromatic rings. The first-order valence-electron chi connectivity index (χ1n) is 8.27. The molecule has 0 radical (unpaired) electrons. The minimum atomic E-state index is 0.313. The summed E-state index contributed by atoms with van der Waals surface area (Å²) in [5, 5.41) is 8.27. The second-order valence-electron chi connectivity index (χ2n) is 6.60. The van der Waals surface area contributed by atoms with Crippen LogP contribution in [-0.2, 0) is 6.42 Å². The van der Waals surface area contributed by atoms with Gasteiger partial charge in [0.25, 0.3) is 0 Å². The lowest BCUT2D eigenvalue weighted by molar-refractivity contribution is 0.319. The van der Waals surface area contributed by atoms with Crippen molar-refractivity contribution in [2.75, 3.05) is 13.1 Å². The third-order valence-corrected chi connectivity index (χ3v) is 4.05. The molecule has 0 aliphatic carbocycles. The van der Waals surface area contributed by atoms with Crippen LogP contribution in [0, 0.1) is 5.41 Å². The smallest absolute Gasteiger partial charge is 0.0630 e. The number of hydrogen-bond acceptors (Lipinski definition) is 2. The molecule has 0 saturated heterocycles. The zero-order valence-electron chi connectivity index (χ0n) is 14.1. The highest BCUT2D eigenvalue weighted by Crippen LogP contribution is 2.25. The van der Waals surface area contributed by atoms with Gasteiger partial charge in [0.1, 0.15) is 0 Å². The zero-order chi connectivity index (χ0) is 15.0. The quantitative estimate of drug-likeness (QED) is 0.650. The van der Waals surface area contributed by atoms with E-state index in [4.69, 9.17) is 5.10 Å². The molecule has 0 unspecified atom stereocenters. The van der Waals surface area contributed by atoms with Crippen LogP contribution in [0.2, 0.25) is 0 Å². The highest BCUT2D eigenvalue weighted by atomic mass is 15.3. The predicted molar refractivity (Wildman–Crippen MR) is 87.1 cm³/mol. The van der Waals surface area contributed by atoms with Gasteiger partial charge in [0.2, 0.25) is 0 Å². The number of nitrogens with one attached hydrogen (secondary N) is 1. The molecule has 0 saturated carbocycles. The molecule has 3 nitrogen and oxygen atoms in total. The fourth-order valence-electron chi connectivity index (χ4n) is 2.65. The van der Waals surface area contributed by atoms with Crippen molar-refractivity contribution in [2.24, 2.45) is 5.41 Å². The summed E-state index contributed by atoms with van der Waals surface area (Å²) in [6.45, 7) is 13.6. The maximum atomic E-state index is 4.78. The van der Waals surface area contributed by atoms with Crippen LogP contribution >= 0.6 is 0 Å². The van der Waals surface area contributed by atoms with Gasteiger partial charge in [-0.15, -0.1) is 0 Å². The fourth-order valence-corrected chi connectivity index (χ4v) is 2.65. The first kappa shape index (κ1) is 17.2. The molecule has 0 fully saturated rings. The Labute approximate surface area is 125 Å². The van der Waals surface area contributed by atoms with E-state index in [2.05, 4.69) is 56.9 Å². The SMILES string of the molecule is CCCNCCC(C)(C)Cc1ccn(C(CC)CC)n1. The van der Waals surface area contributed by atoms with Gasteiger partial charge in [0, 0.05) is 6.20 Å². The van der Waals surface area contributed by atoms with E-state index in [9.17, 15) is 0 Å². The van der Waals surface area contributed by atoms with E-state index in [0.717, 1.165) is 32.4 Å². The molecule has 0 spiro atoms. The Bertz CT molecular complexity index is 364. The van der Waals surface area contributed by atoms with Crippen LogP contribution in [0.25, 0.3) is 0 Å². The van der Waals surface area contributed by atoms with E-state index in [1.165, 1.54) is 18.5 Å². The molecule has 0 aliphatic rings. The van der Waals surface area contributed by atoms with E-state index in [1.807, 2.05) is 0 Å². The largest absolute Gasteiger partial charge is 0.317 e. The van der Waals surface area contributed by atoms with Crippen LogP contribution in [0.5, 0.6) is 0 Å². The topological polar surface area (TPSA) is 29.9 Å². The van der Waals surface area contributed by atoms with Gasteiger partial charge >= 0.3 is 0 Å². The van der Waals surface area contributed by atoms with Crippen LogP contribution in [-0.4, -0.2) is 22.9 Å². The normalized spacial score (nSPS) is 12.3. The Balaban J connectivity index is 2.50. The summed E-state index contributed by atoms with van der Waals surface area (Å²) in [5.74, 6) is 0. The molecule has 1 rings (SSSR count). The standard InChI is InChI=1S/C17H33N3/c1-6-11-18-12-10-17(4,5)14-15-9-13-20(19-15)16(7-2)8-3/h9,13,16,18H,6-8,10-12,14H2,1-5H3. The maximum absolute atomic E-state index is 4.78. The summed E-state index contributed by atoms with van der Waals surface area (Å²) in [4.78, 5) is 0. The maximum Gasteiger partial charge on any atom is 0.0630 e. The van der Waals surface area contributed by atoms with Crippen LogP contribution in [0.4, 0.5) is 0 Å². The lowest BCUT2D eigenvalue weighted by Crippen LogP contribution is -2.24. The zero-order valence-corrected chi connectivity index (χ0v) is 14.1. The average molecular weight is 279 g/mol. The van der Waals surface area contributed by atoms with Crippen molar-refractivity contribution >= 4 is 0 Å². The molecular weight excluding hydrogens is 246 g/mol. The first-order valence-corrected chi connectivity index (χ1v) is 8.27. The minimum absolute atomic E-state index is 0.313. The summed E-state index contributed by atoms with van der Waals surface area (Å²) in [6, 6.07) is 2.75. The number of rotatable bonds is 10. The fraction of sp³-hybridized carbons (Fsp3) is 0.824. The van der Waals surface area contributed by atoms with Gasteiger partial charge in [-0.2, -0.15) is 5.10 Å². The molecule has 3 heteroatoms. The Hall–Kier alpha value is -0.830. The summed E-state index contributed by atoms with van der Waals surface area (Å²) in [5.41, 5.74) is 1.55. The molecule has 0 aromatic carbocycles. The van der Waals surface area contributed by atoms with Crippen molar-refractivity contribution in [3.05, 3.63) is 18.0 Å². The number of nitrogens with zero attached hydrogens (tertiary/aromatic N) is 2. The van der Waals surface area contributed by atoms with Gasteiger partial charge in [-0.3, -0.25) is 4.68 Å². The first-order chi connectivity index (χ1) is 9.52. The Morgan fingerprint density at radius 2 is 1.90 bits per heavy atom. The molecule has 1 N–H and O–H groups in total. The summed E-state index contributed by atoms with van der Waals surface area (Å²) < 4.78 is 2.15. The highest BCUT2D eigenvalue weighted by molar-refractivity contribution is 5.03. The average Bonchev–Trinajstić information content (AvgIpc) is 2.84. The monoisotopic (exact) mass is 279 g/mol. The third-order valence-electron chi connectivity index (χ3n) is 4.05. The lowest BCUT2D eigenvalue weighted by Gasteiger charge is -2.24. The van der Waals surface area contributed by atoms with E-state index >= 15 is 0 Å². The Morgan fingerprint density at radius 3 is 2.50 bits per heavy atom. The number of aromatic nitrogens is 2. The summed E-state index contributed by atoms with van der Waals surface area (Å²) in [6.07, 6.45) is 7.93.